The Hall–Kier alpha value is -4.70. The van der Waals surface area contributed by atoms with Gasteiger partial charge >= 0.3 is 0 Å². The van der Waals surface area contributed by atoms with Gasteiger partial charge in [0.2, 0.25) is 0 Å². The number of nitrogens with one attached hydrogen (secondary N) is 3. The highest BCUT2D eigenvalue weighted by molar-refractivity contribution is 5.96. The van der Waals surface area contributed by atoms with Crippen molar-refractivity contribution >= 4 is 21.9 Å². The van der Waals surface area contributed by atoms with E-state index in [9.17, 15) is 0 Å². The molecule has 7 heterocycles. The Kier molecular flexibility index (Phi) is 5.29. The summed E-state index contributed by atoms with van der Waals surface area (Å²) >= 11 is 0. The number of nitrogens with zero attached hydrogens (tertiary/aromatic N) is 6. The summed E-state index contributed by atoms with van der Waals surface area (Å²) in [5.41, 5.74) is 6.28. The van der Waals surface area contributed by atoms with Crippen LogP contribution in [0, 0.1) is 0 Å². The number of ether oxygens (including phenoxy) is 1. The summed E-state index contributed by atoms with van der Waals surface area (Å²) in [6.07, 6.45) is 11.0. The van der Waals surface area contributed by atoms with E-state index in [4.69, 9.17) is 9.72 Å². The molecule has 1 aliphatic rings. The molecule has 0 unspecified atom stereocenters. The Morgan fingerprint density at radius 1 is 0.838 bits per heavy atom. The Bertz CT molecular complexity index is 1700. The molecule has 10 nitrogen and oxygen atoms in total. The fraction of sp³-hybridized carbons (Fsp3) is 0.185. The summed E-state index contributed by atoms with van der Waals surface area (Å²) < 4.78 is 6.19. The third-order valence-corrected chi connectivity index (χ3v) is 6.58. The van der Waals surface area contributed by atoms with Crippen LogP contribution in [0.25, 0.3) is 56.1 Å². The van der Waals surface area contributed by atoms with Gasteiger partial charge in [0.05, 0.1) is 34.8 Å². The summed E-state index contributed by atoms with van der Waals surface area (Å²) in [5.74, 6) is 1.40. The van der Waals surface area contributed by atoms with Crippen LogP contribution in [0.2, 0.25) is 0 Å². The fourth-order valence-corrected chi connectivity index (χ4v) is 4.72. The molecular formula is C27H23N9O. The first-order valence-corrected chi connectivity index (χ1v) is 12.3. The lowest BCUT2D eigenvalue weighted by Gasteiger charge is -2.23. The third-order valence-electron chi connectivity index (χ3n) is 6.58. The highest BCUT2D eigenvalue weighted by Gasteiger charge is 2.18. The van der Waals surface area contributed by atoms with Crippen molar-refractivity contribution in [2.45, 2.75) is 18.9 Å². The quantitative estimate of drug-likeness (QED) is 0.329. The predicted molar refractivity (Wildman–Crippen MR) is 140 cm³/mol. The largest absolute Gasteiger partial charge is 0.489 e. The minimum Gasteiger partial charge on any atom is -0.489 e. The van der Waals surface area contributed by atoms with E-state index < -0.39 is 0 Å². The molecule has 10 heteroatoms. The monoisotopic (exact) mass is 489 g/mol. The molecule has 0 spiro atoms. The molecule has 0 bridgehead atoms. The van der Waals surface area contributed by atoms with Crippen LogP contribution in [-0.2, 0) is 0 Å². The molecule has 7 rings (SSSR count). The predicted octanol–water partition coefficient (Wildman–Crippen LogP) is 4.15. The van der Waals surface area contributed by atoms with Crippen molar-refractivity contribution in [3.8, 4) is 39.9 Å². The second-order valence-corrected chi connectivity index (χ2v) is 9.02. The van der Waals surface area contributed by atoms with Gasteiger partial charge in [-0.25, -0.2) is 4.98 Å². The normalized spacial score (nSPS) is 14.4. The molecule has 0 saturated carbocycles. The average molecular weight is 490 g/mol. The molecule has 37 heavy (non-hydrogen) atoms. The van der Waals surface area contributed by atoms with E-state index in [2.05, 4.69) is 40.4 Å². The summed E-state index contributed by atoms with van der Waals surface area (Å²) in [7, 11) is 0. The third kappa shape index (κ3) is 4.07. The zero-order valence-corrected chi connectivity index (χ0v) is 19.8. The standard InChI is InChI=1S/C27H23N9O/c1-2-7-30-20(3-1)25-26-21(6-10-31-25)33-27(34-26)24-19-12-22(32-15-23(19)35-36-24)16-11-18(14-29-13-16)37-17-4-8-28-9-5-17/h1-3,6-7,10-15,17,28H,4-5,8-9H2,(H,33,34)(H,35,36). The van der Waals surface area contributed by atoms with Crippen molar-refractivity contribution in [3.63, 3.8) is 0 Å². The maximum atomic E-state index is 6.19. The van der Waals surface area contributed by atoms with Gasteiger partial charge in [0.25, 0.3) is 0 Å². The number of hydrogen-bond acceptors (Lipinski definition) is 8. The van der Waals surface area contributed by atoms with E-state index in [0.717, 1.165) is 76.3 Å². The molecule has 0 radical (unpaired) electrons. The molecule has 6 aromatic rings. The first-order chi connectivity index (χ1) is 18.3. The summed E-state index contributed by atoms with van der Waals surface area (Å²) in [4.78, 5) is 26.3. The Balaban J connectivity index is 1.26. The van der Waals surface area contributed by atoms with E-state index in [-0.39, 0.29) is 6.10 Å². The number of aromatic nitrogens is 8. The smallest absolute Gasteiger partial charge is 0.159 e. The minimum atomic E-state index is 0.202. The van der Waals surface area contributed by atoms with Crippen LogP contribution >= 0.6 is 0 Å². The lowest BCUT2D eigenvalue weighted by molar-refractivity contribution is 0.162. The highest BCUT2D eigenvalue weighted by atomic mass is 16.5. The summed E-state index contributed by atoms with van der Waals surface area (Å²) in [6, 6.07) is 11.6. The van der Waals surface area contributed by atoms with Crippen LogP contribution in [0.3, 0.4) is 0 Å². The van der Waals surface area contributed by atoms with Crippen molar-refractivity contribution in [2.75, 3.05) is 13.1 Å². The van der Waals surface area contributed by atoms with Gasteiger partial charge in [0.1, 0.15) is 28.8 Å². The lowest BCUT2D eigenvalue weighted by Crippen LogP contribution is -2.34. The molecule has 1 aliphatic heterocycles. The number of hydrogen-bond donors (Lipinski definition) is 3. The van der Waals surface area contributed by atoms with Crippen molar-refractivity contribution < 1.29 is 4.74 Å². The Morgan fingerprint density at radius 2 is 1.78 bits per heavy atom. The van der Waals surface area contributed by atoms with E-state index in [1.54, 1.807) is 31.0 Å². The zero-order valence-electron chi connectivity index (χ0n) is 19.8. The van der Waals surface area contributed by atoms with Crippen LogP contribution in [-0.4, -0.2) is 59.3 Å². The van der Waals surface area contributed by atoms with Crippen LogP contribution in [0.1, 0.15) is 12.8 Å². The average Bonchev–Trinajstić information content (AvgIpc) is 3.58. The van der Waals surface area contributed by atoms with Gasteiger partial charge in [-0.05, 0) is 56.3 Å². The molecular weight excluding hydrogens is 466 g/mol. The van der Waals surface area contributed by atoms with Gasteiger partial charge in [-0.3, -0.25) is 25.0 Å². The second-order valence-electron chi connectivity index (χ2n) is 9.02. The lowest BCUT2D eigenvalue weighted by atomic mass is 10.1. The first-order valence-electron chi connectivity index (χ1n) is 12.3. The topological polar surface area (TPSA) is 130 Å². The van der Waals surface area contributed by atoms with Gasteiger partial charge in [0.15, 0.2) is 5.82 Å². The Labute approximate surface area is 211 Å². The van der Waals surface area contributed by atoms with E-state index >= 15 is 0 Å². The molecule has 6 aromatic heterocycles. The van der Waals surface area contributed by atoms with E-state index in [0.29, 0.717) is 11.5 Å². The van der Waals surface area contributed by atoms with Crippen LogP contribution in [0.5, 0.6) is 5.75 Å². The Morgan fingerprint density at radius 3 is 2.68 bits per heavy atom. The van der Waals surface area contributed by atoms with Gasteiger partial charge in [0, 0.05) is 29.5 Å². The maximum Gasteiger partial charge on any atom is 0.159 e. The van der Waals surface area contributed by atoms with Gasteiger partial charge in [-0.15, -0.1) is 0 Å². The summed E-state index contributed by atoms with van der Waals surface area (Å²) in [6.45, 7) is 1.95. The maximum absolute atomic E-state index is 6.19. The van der Waals surface area contributed by atoms with Crippen LogP contribution < -0.4 is 10.1 Å². The number of piperidine rings is 1. The first kappa shape index (κ1) is 21.6. The van der Waals surface area contributed by atoms with E-state index in [1.807, 2.05) is 36.4 Å². The molecule has 1 fully saturated rings. The van der Waals surface area contributed by atoms with Crippen molar-refractivity contribution in [3.05, 3.63) is 67.4 Å². The minimum absolute atomic E-state index is 0.202. The molecule has 0 atom stereocenters. The number of H-pyrrole nitrogens is 2. The van der Waals surface area contributed by atoms with Crippen molar-refractivity contribution in [2.24, 2.45) is 0 Å². The number of rotatable bonds is 5. The van der Waals surface area contributed by atoms with Crippen molar-refractivity contribution in [1.82, 2.24) is 45.4 Å². The van der Waals surface area contributed by atoms with Crippen LogP contribution in [0.15, 0.2) is 67.4 Å². The summed E-state index contributed by atoms with van der Waals surface area (Å²) in [5, 5.41) is 11.9. The van der Waals surface area contributed by atoms with Gasteiger partial charge < -0.3 is 15.0 Å². The highest BCUT2D eigenvalue weighted by Crippen LogP contribution is 2.31. The molecule has 1 saturated heterocycles. The molecule has 3 N–H and O–H groups in total. The molecule has 182 valence electrons. The number of pyridine rings is 4. The molecule has 0 amide bonds. The molecule has 0 aromatic carbocycles. The number of imidazole rings is 1. The van der Waals surface area contributed by atoms with E-state index in [1.165, 1.54) is 0 Å². The van der Waals surface area contributed by atoms with Gasteiger partial charge in [-0.2, -0.15) is 5.10 Å². The number of aromatic amines is 2. The van der Waals surface area contributed by atoms with Crippen LogP contribution in [0.4, 0.5) is 0 Å². The fourth-order valence-electron chi connectivity index (χ4n) is 4.72. The zero-order chi connectivity index (χ0) is 24.6. The SMILES string of the molecule is c1ccc(-c2nccc3[nH]c(-c4n[nH]c5cnc(-c6cncc(OC7CCNCC7)c6)cc45)nc23)nc1. The van der Waals surface area contributed by atoms with Crippen molar-refractivity contribution in [1.29, 1.82) is 0 Å². The molecule has 0 aliphatic carbocycles. The second kappa shape index (κ2) is 9.07. The number of fused-ring (bicyclic) bond motifs is 2. The van der Waals surface area contributed by atoms with Gasteiger partial charge in [-0.1, -0.05) is 6.07 Å².